The van der Waals surface area contributed by atoms with E-state index in [0.717, 1.165) is 19.6 Å². The van der Waals surface area contributed by atoms with Gasteiger partial charge in [-0.1, -0.05) is 0 Å². The lowest BCUT2D eigenvalue weighted by atomic mass is 10.1. The normalized spacial score (nSPS) is 18.0. The number of carbonyl (C=O) groups excluding carboxylic acids is 1. The van der Waals surface area contributed by atoms with Crippen LogP contribution in [0.1, 0.15) is 56.5 Å². The predicted octanol–water partition coefficient (Wildman–Crippen LogP) is 3.87. The molecule has 0 unspecified atom stereocenters. The van der Waals surface area contributed by atoms with E-state index in [1.807, 2.05) is 34.7 Å². The van der Waals surface area contributed by atoms with Crippen molar-refractivity contribution in [2.45, 2.75) is 65.2 Å². The number of likely N-dealkylation sites (tertiary alicyclic amines) is 1. The molecule has 0 saturated carbocycles. The monoisotopic (exact) mass is 364 g/mol. The maximum absolute atomic E-state index is 13.6. The maximum Gasteiger partial charge on any atom is 0.253 e. The molecule has 26 heavy (non-hydrogen) atoms. The summed E-state index contributed by atoms with van der Waals surface area (Å²) in [5, 5.41) is 0. The molecule has 2 atom stereocenters. The molecule has 0 aromatic heterocycles. The first-order chi connectivity index (χ1) is 12.1. The minimum atomic E-state index is -0.290. The number of amides is 1. The van der Waals surface area contributed by atoms with Crippen LogP contribution in [0.4, 0.5) is 4.39 Å². The average Bonchev–Trinajstić information content (AvgIpc) is 3.05. The number of carbonyl (C=O) groups is 1. The van der Waals surface area contributed by atoms with Crippen molar-refractivity contribution in [3.05, 3.63) is 35.1 Å². The van der Waals surface area contributed by atoms with Crippen LogP contribution in [-0.2, 0) is 4.74 Å². The molecule has 0 bridgehead atoms. The Kier molecular flexibility index (Phi) is 6.80. The number of benzene rings is 1. The number of hydrogen-bond donors (Lipinski definition) is 0. The van der Waals surface area contributed by atoms with Gasteiger partial charge in [-0.3, -0.25) is 4.79 Å². The molecule has 4 nitrogen and oxygen atoms in total. The van der Waals surface area contributed by atoms with E-state index in [0.29, 0.717) is 11.1 Å². The first kappa shape index (κ1) is 20.8. The first-order valence-corrected chi connectivity index (χ1v) is 9.52. The number of rotatable bonds is 6. The van der Waals surface area contributed by atoms with Crippen LogP contribution in [-0.4, -0.2) is 60.1 Å². The molecule has 1 heterocycles. The minimum Gasteiger partial charge on any atom is -0.371 e. The second-order valence-corrected chi connectivity index (χ2v) is 8.39. The van der Waals surface area contributed by atoms with E-state index in [4.69, 9.17) is 4.74 Å². The molecule has 1 aliphatic heterocycles. The van der Waals surface area contributed by atoms with E-state index in [-0.39, 0.29) is 29.5 Å². The van der Waals surface area contributed by atoms with Gasteiger partial charge in [0.2, 0.25) is 0 Å². The lowest BCUT2D eigenvalue weighted by Crippen LogP contribution is -2.52. The molecule has 1 aromatic carbocycles. The summed E-state index contributed by atoms with van der Waals surface area (Å²) >= 11 is 0. The minimum absolute atomic E-state index is 0.0646. The van der Waals surface area contributed by atoms with E-state index >= 15 is 0 Å². The fraction of sp³-hybridized carbons (Fsp3) is 0.667. The lowest BCUT2D eigenvalue weighted by molar-refractivity contribution is -0.0836. The Balaban J connectivity index is 2.20. The van der Waals surface area contributed by atoms with Gasteiger partial charge in [0.25, 0.3) is 5.91 Å². The molecule has 1 aliphatic rings. The van der Waals surface area contributed by atoms with E-state index < -0.39 is 0 Å². The second kappa shape index (κ2) is 8.49. The second-order valence-electron chi connectivity index (χ2n) is 8.39. The Labute approximate surface area is 157 Å². The van der Waals surface area contributed by atoms with Crippen molar-refractivity contribution in [3.63, 3.8) is 0 Å². The third kappa shape index (κ3) is 5.52. The summed E-state index contributed by atoms with van der Waals surface area (Å²) in [6.07, 6.45) is 2.30. The van der Waals surface area contributed by atoms with Crippen LogP contribution in [0.15, 0.2) is 18.2 Å². The van der Waals surface area contributed by atoms with Gasteiger partial charge in [0.05, 0.1) is 17.7 Å². The van der Waals surface area contributed by atoms with E-state index in [1.54, 1.807) is 24.0 Å². The molecule has 0 radical (unpaired) electrons. The van der Waals surface area contributed by atoms with Crippen molar-refractivity contribution in [1.29, 1.82) is 0 Å². The zero-order valence-electron chi connectivity index (χ0n) is 17.0. The standard InChI is InChI=1S/C21H33FN2O2/c1-15-13-17(9-10-18(15)22)20(25)23(6)19(14-24-11-7-8-12-24)16(2)26-21(3,4)5/h9-10,13,16,19H,7-8,11-12,14H2,1-6H3/t16-,19-/m1/s1. The van der Waals surface area contributed by atoms with Gasteiger partial charge in [-0.2, -0.15) is 0 Å². The lowest BCUT2D eigenvalue weighted by Gasteiger charge is -2.38. The Bertz CT molecular complexity index is 621. The largest absolute Gasteiger partial charge is 0.371 e. The van der Waals surface area contributed by atoms with E-state index in [2.05, 4.69) is 4.90 Å². The Morgan fingerprint density at radius 3 is 2.46 bits per heavy atom. The van der Waals surface area contributed by atoms with Gasteiger partial charge in [-0.25, -0.2) is 4.39 Å². The summed E-state index contributed by atoms with van der Waals surface area (Å²) in [7, 11) is 1.82. The van der Waals surface area contributed by atoms with Crippen molar-refractivity contribution < 1.29 is 13.9 Å². The van der Waals surface area contributed by atoms with Gasteiger partial charge in [0.1, 0.15) is 5.82 Å². The molecule has 5 heteroatoms. The average molecular weight is 365 g/mol. The smallest absolute Gasteiger partial charge is 0.253 e. The molecule has 1 aromatic rings. The van der Waals surface area contributed by atoms with Crippen LogP contribution in [0.25, 0.3) is 0 Å². The Hall–Kier alpha value is -1.46. The fourth-order valence-electron chi connectivity index (χ4n) is 3.58. The topological polar surface area (TPSA) is 32.8 Å². The van der Waals surface area contributed by atoms with Gasteiger partial charge >= 0.3 is 0 Å². The molecule has 0 spiro atoms. The van der Waals surface area contributed by atoms with Crippen LogP contribution < -0.4 is 0 Å². The van der Waals surface area contributed by atoms with Crippen LogP contribution in [0.5, 0.6) is 0 Å². The molecular formula is C21H33FN2O2. The third-order valence-electron chi connectivity index (χ3n) is 4.95. The molecule has 2 rings (SSSR count). The Morgan fingerprint density at radius 1 is 1.31 bits per heavy atom. The maximum atomic E-state index is 13.6. The highest BCUT2D eigenvalue weighted by Gasteiger charge is 2.32. The van der Waals surface area contributed by atoms with Crippen molar-refractivity contribution in [2.75, 3.05) is 26.7 Å². The van der Waals surface area contributed by atoms with Gasteiger partial charge in [-0.05, 0) is 84.3 Å². The van der Waals surface area contributed by atoms with Gasteiger partial charge in [-0.15, -0.1) is 0 Å². The first-order valence-electron chi connectivity index (χ1n) is 9.52. The van der Waals surface area contributed by atoms with E-state index in [9.17, 15) is 9.18 Å². The van der Waals surface area contributed by atoms with Crippen molar-refractivity contribution in [3.8, 4) is 0 Å². The summed E-state index contributed by atoms with van der Waals surface area (Å²) in [5.41, 5.74) is 0.721. The summed E-state index contributed by atoms with van der Waals surface area (Å²) < 4.78 is 19.7. The zero-order valence-corrected chi connectivity index (χ0v) is 17.0. The number of halogens is 1. The molecule has 0 aliphatic carbocycles. The van der Waals surface area contributed by atoms with Crippen LogP contribution in [0.2, 0.25) is 0 Å². The summed E-state index contributed by atoms with van der Waals surface area (Å²) in [5.74, 6) is -0.385. The molecule has 0 N–H and O–H groups in total. The number of nitrogens with zero attached hydrogens (tertiary/aromatic N) is 2. The quantitative estimate of drug-likeness (QED) is 0.768. The van der Waals surface area contributed by atoms with Crippen molar-refractivity contribution >= 4 is 5.91 Å². The molecule has 1 saturated heterocycles. The van der Waals surface area contributed by atoms with Crippen LogP contribution in [0, 0.1) is 12.7 Å². The highest BCUT2D eigenvalue weighted by molar-refractivity contribution is 5.94. The SMILES string of the molecule is Cc1cc(C(=O)N(C)[C@H](CN2CCCC2)[C@@H](C)OC(C)(C)C)ccc1F. The van der Waals surface area contributed by atoms with Crippen molar-refractivity contribution in [2.24, 2.45) is 0 Å². The van der Waals surface area contributed by atoms with E-state index in [1.165, 1.54) is 18.9 Å². The summed E-state index contributed by atoms with van der Waals surface area (Å²) in [6, 6.07) is 4.48. The van der Waals surface area contributed by atoms with Crippen molar-refractivity contribution in [1.82, 2.24) is 9.80 Å². The zero-order chi connectivity index (χ0) is 19.5. The van der Waals surface area contributed by atoms with Gasteiger partial charge in [0, 0.05) is 19.2 Å². The highest BCUT2D eigenvalue weighted by atomic mass is 19.1. The third-order valence-corrected chi connectivity index (χ3v) is 4.95. The number of likely N-dealkylation sites (N-methyl/N-ethyl adjacent to an activating group) is 1. The fourth-order valence-corrected chi connectivity index (χ4v) is 3.58. The molecule has 1 amide bonds. The number of aryl methyl sites for hydroxylation is 1. The highest BCUT2D eigenvalue weighted by Crippen LogP contribution is 2.21. The van der Waals surface area contributed by atoms with Gasteiger partial charge in [0.15, 0.2) is 0 Å². The summed E-state index contributed by atoms with van der Waals surface area (Å²) in [4.78, 5) is 17.2. The predicted molar refractivity (Wildman–Crippen MR) is 103 cm³/mol. The van der Waals surface area contributed by atoms with Crippen LogP contribution in [0.3, 0.4) is 0 Å². The molecule has 1 fully saturated rings. The van der Waals surface area contributed by atoms with Gasteiger partial charge < -0.3 is 14.5 Å². The number of ether oxygens (including phenoxy) is 1. The number of hydrogen-bond acceptors (Lipinski definition) is 3. The Morgan fingerprint density at radius 2 is 1.92 bits per heavy atom. The summed E-state index contributed by atoms with van der Waals surface area (Å²) in [6.45, 7) is 12.7. The molecular weight excluding hydrogens is 331 g/mol. The molecule has 146 valence electrons. The van der Waals surface area contributed by atoms with Crippen LogP contribution >= 0.6 is 0 Å².